The van der Waals surface area contributed by atoms with Crippen molar-refractivity contribution in [1.82, 2.24) is 0 Å². The van der Waals surface area contributed by atoms with Crippen molar-refractivity contribution in [2.24, 2.45) is 5.41 Å². The molecule has 52 heavy (non-hydrogen) atoms. The van der Waals surface area contributed by atoms with E-state index in [4.69, 9.17) is 37.9 Å². The molecule has 280 valence electrons. The van der Waals surface area contributed by atoms with Gasteiger partial charge in [0.05, 0.1) is 66.1 Å². The smallest absolute Gasteiger partial charge is 0.330 e. The molecule has 1 aliphatic heterocycles. The number of esters is 1. The summed E-state index contributed by atoms with van der Waals surface area (Å²) in [6, 6.07) is 25.2. The van der Waals surface area contributed by atoms with Crippen molar-refractivity contribution in [3.05, 3.63) is 119 Å². The van der Waals surface area contributed by atoms with Gasteiger partial charge >= 0.3 is 5.97 Å². The molecule has 10 heteroatoms. The highest BCUT2D eigenvalue weighted by molar-refractivity contribution is 6.06. The zero-order valence-electron chi connectivity index (χ0n) is 31.3. The van der Waals surface area contributed by atoms with E-state index in [2.05, 4.69) is 0 Å². The third-order valence-corrected chi connectivity index (χ3v) is 9.17. The van der Waals surface area contributed by atoms with Crippen LogP contribution in [0.1, 0.15) is 50.3 Å². The molecule has 0 aliphatic carbocycles. The van der Waals surface area contributed by atoms with Crippen LogP contribution in [0.15, 0.2) is 103 Å². The van der Waals surface area contributed by atoms with Gasteiger partial charge in [-0.3, -0.25) is 4.79 Å². The normalized spacial score (nSPS) is 19.8. The number of rotatable bonds is 19. The van der Waals surface area contributed by atoms with Crippen LogP contribution in [0.2, 0.25) is 0 Å². The minimum atomic E-state index is -1.77. The molecule has 10 nitrogen and oxygen atoms in total. The van der Waals surface area contributed by atoms with E-state index in [-0.39, 0.29) is 24.7 Å². The number of hydrogen-bond acceptors (Lipinski definition) is 10. The van der Waals surface area contributed by atoms with Crippen LogP contribution in [0.3, 0.4) is 0 Å². The molecule has 1 saturated heterocycles. The maximum Gasteiger partial charge on any atom is 0.330 e. The maximum absolute atomic E-state index is 14.2. The summed E-state index contributed by atoms with van der Waals surface area (Å²) in [6.07, 6.45) is 4.01. The maximum atomic E-state index is 14.2. The lowest BCUT2D eigenvalue weighted by Gasteiger charge is -2.48. The molecule has 1 fully saturated rings. The summed E-state index contributed by atoms with van der Waals surface area (Å²) in [7, 11) is 5.97. The van der Waals surface area contributed by atoms with Crippen LogP contribution < -0.4 is 9.47 Å². The van der Waals surface area contributed by atoms with Crippen LogP contribution in [-0.2, 0) is 57.8 Å². The first-order valence-corrected chi connectivity index (χ1v) is 17.4. The van der Waals surface area contributed by atoms with Gasteiger partial charge in [-0.2, -0.15) is 0 Å². The Morgan fingerprint density at radius 2 is 1.42 bits per heavy atom. The standard InChI is InChI=1S/C42H52O10/c1-30(50-28-31-12-9-8-10-13-31)38(51-29-33-16-20-36(46-5)21-17-33)26-37-24-34(25-39(43)47-6)40(44)42(48-7,52-37)41(2,3)22-11-23-49-27-32-14-18-35(45-4)19-15-32/h8-22,25,30,37-38H,23-24,26-29H2,1-7H3/b22-11+,34-25+/t30?,37-,38+,42+/m0/s1. The highest BCUT2D eigenvalue weighted by Crippen LogP contribution is 2.45. The van der Waals surface area contributed by atoms with E-state index in [0.717, 1.165) is 28.2 Å². The van der Waals surface area contributed by atoms with Crippen molar-refractivity contribution in [2.45, 2.75) is 77.5 Å². The third-order valence-electron chi connectivity index (χ3n) is 9.17. The molecule has 0 N–H and O–H groups in total. The molecule has 1 heterocycles. The Morgan fingerprint density at radius 3 is 2.00 bits per heavy atom. The first-order chi connectivity index (χ1) is 25.0. The monoisotopic (exact) mass is 716 g/mol. The quantitative estimate of drug-likeness (QED) is 0.0548. The highest BCUT2D eigenvalue weighted by atomic mass is 16.7. The summed E-state index contributed by atoms with van der Waals surface area (Å²) in [4.78, 5) is 26.7. The fourth-order valence-electron chi connectivity index (χ4n) is 6.09. The second-order valence-electron chi connectivity index (χ2n) is 13.2. The van der Waals surface area contributed by atoms with Crippen molar-refractivity contribution in [1.29, 1.82) is 0 Å². The first kappa shape index (κ1) is 40.5. The average Bonchev–Trinajstić information content (AvgIpc) is 3.17. The molecule has 0 aromatic heterocycles. The van der Waals surface area contributed by atoms with Crippen molar-refractivity contribution in [3.8, 4) is 11.5 Å². The molecule has 0 saturated carbocycles. The van der Waals surface area contributed by atoms with Crippen LogP contribution in [-0.4, -0.2) is 70.9 Å². The number of ether oxygens (including phenoxy) is 8. The predicted molar refractivity (Wildman–Crippen MR) is 197 cm³/mol. The van der Waals surface area contributed by atoms with Crippen LogP contribution in [0.5, 0.6) is 11.5 Å². The molecule has 0 bridgehead atoms. The van der Waals surface area contributed by atoms with Gasteiger partial charge in [-0.25, -0.2) is 4.79 Å². The van der Waals surface area contributed by atoms with E-state index in [9.17, 15) is 9.59 Å². The van der Waals surface area contributed by atoms with Gasteiger partial charge < -0.3 is 37.9 Å². The largest absolute Gasteiger partial charge is 0.497 e. The van der Waals surface area contributed by atoms with Crippen LogP contribution in [0, 0.1) is 5.41 Å². The Bertz CT molecular complexity index is 1610. The molecule has 0 amide bonds. The summed E-state index contributed by atoms with van der Waals surface area (Å²) >= 11 is 0. The number of ketones is 1. The van der Waals surface area contributed by atoms with E-state index in [1.807, 2.05) is 112 Å². The Morgan fingerprint density at radius 1 is 0.846 bits per heavy atom. The molecule has 4 atom stereocenters. The van der Waals surface area contributed by atoms with Crippen LogP contribution in [0.4, 0.5) is 0 Å². The SMILES string of the molecule is COC(=O)/C=C1\C[C@@H](C[C@@H](OCc2ccc(OC)cc2)C(C)OCc2ccccc2)O[C@@](OC)(C(C)(C)/C=C/COCc2ccc(OC)cc2)C1=O. The number of benzene rings is 3. The zero-order chi connectivity index (χ0) is 37.6. The summed E-state index contributed by atoms with van der Waals surface area (Å²) in [5, 5.41) is 0. The summed E-state index contributed by atoms with van der Waals surface area (Å²) < 4.78 is 46.9. The molecule has 1 aliphatic rings. The lowest BCUT2D eigenvalue weighted by molar-refractivity contribution is -0.280. The molecule has 1 unspecified atom stereocenters. The summed E-state index contributed by atoms with van der Waals surface area (Å²) in [5.41, 5.74) is 2.24. The lowest BCUT2D eigenvalue weighted by Crippen LogP contribution is -2.60. The topological polar surface area (TPSA) is 108 Å². The summed E-state index contributed by atoms with van der Waals surface area (Å²) in [5.74, 6) is -1.33. The van der Waals surface area contributed by atoms with Gasteiger partial charge in [0.15, 0.2) is 0 Å². The molecule has 3 aromatic carbocycles. The fourth-order valence-corrected chi connectivity index (χ4v) is 6.09. The van der Waals surface area contributed by atoms with Gasteiger partial charge in [0, 0.05) is 37.0 Å². The van der Waals surface area contributed by atoms with Gasteiger partial charge in [-0.05, 0) is 47.9 Å². The van der Waals surface area contributed by atoms with Crippen molar-refractivity contribution >= 4 is 11.8 Å². The number of Topliss-reactive ketones (excluding diaryl/α,β-unsaturated/α-hetero) is 1. The average molecular weight is 717 g/mol. The third kappa shape index (κ3) is 10.8. The molecular formula is C42H52O10. The van der Waals surface area contributed by atoms with E-state index in [1.54, 1.807) is 14.2 Å². The van der Waals surface area contributed by atoms with E-state index < -0.39 is 35.2 Å². The van der Waals surface area contributed by atoms with Gasteiger partial charge in [0.1, 0.15) is 11.5 Å². The number of carbonyl (C=O) groups excluding carboxylic acids is 2. The van der Waals surface area contributed by atoms with Gasteiger partial charge in [0.2, 0.25) is 11.6 Å². The molecule has 4 rings (SSSR count). The number of hydrogen-bond donors (Lipinski definition) is 0. The minimum Gasteiger partial charge on any atom is -0.497 e. The number of methoxy groups -OCH3 is 4. The first-order valence-electron chi connectivity index (χ1n) is 17.4. The van der Waals surface area contributed by atoms with E-state index >= 15 is 0 Å². The van der Waals surface area contributed by atoms with Gasteiger partial charge in [-0.15, -0.1) is 0 Å². The fraction of sp³-hybridized carbons (Fsp3) is 0.429. The van der Waals surface area contributed by atoms with Crippen LogP contribution >= 0.6 is 0 Å². The van der Waals surface area contributed by atoms with E-state index in [0.29, 0.717) is 26.2 Å². The van der Waals surface area contributed by atoms with E-state index in [1.165, 1.54) is 20.3 Å². The van der Waals surface area contributed by atoms with Crippen molar-refractivity contribution < 1.29 is 47.5 Å². The van der Waals surface area contributed by atoms with Gasteiger partial charge in [0.25, 0.3) is 0 Å². The minimum absolute atomic E-state index is 0.150. The van der Waals surface area contributed by atoms with Crippen LogP contribution in [0.25, 0.3) is 0 Å². The Balaban J connectivity index is 1.56. The second kappa shape index (κ2) is 19.5. The molecular weight excluding hydrogens is 664 g/mol. The second-order valence-corrected chi connectivity index (χ2v) is 13.2. The Kier molecular flexibility index (Phi) is 15.2. The molecule has 0 spiro atoms. The zero-order valence-corrected chi connectivity index (χ0v) is 31.3. The molecule has 0 radical (unpaired) electrons. The van der Waals surface area contributed by atoms with Crippen molar-refractivity contribution in [2.75, 3.05) is 35.0 Å². The highest BCUT2D eigenvalue weighted by Gasteiger charge is 2.57. The van der Waals surface area contributed by atoms with Crippen molar-refractivity contribution in [3.63, 3.8) is 0 Å². The number of carbonyl (C=O) groups is 2. The lowest BCUT2D eigenvalue weighted by atomic mass is 9.75. The predicted octanol–water partition coefficient (Wildman–Crippen LogP) is 7.18. The summed E-state index contributed by atoms with van der Waals surface area (Å²) in [6.45, 7) is 7.06. The Labute approximate surface area is 307 Å². The van der Waals surface area contributed by atoms with Gasteiger partial charge in [-0.1, -0.05) is 80.6 Å². The molecule has 3 aromatic rings. The Hall–Kier alpha value is -4.32.